The number of rotatable bonds is 6. The van der Waals surface area contributed by atoms with Gasteiger partial charge in [0.1, 0.15) is 5.75 Å². The number of hydrogen-bond acceptors (Lipinski definition) is 5. The molecule has 0 aliphatic rings. The molecule has 0 fully saturated rings. The van der Waals surface area contributed by atoms with Crippen LogP contribution in [0.2, 0.25) is 5.02 Å². The molecule has 124 valence electrons. The first-order valence-corrected chi connectivity index (χ1v) is 8.87. The summed E-state index contributed by atoms with van der Waals surface area (Å²) in [6.07, 6.45) is 0. The van der Waals surface area contributed by atoms with Gasteiger partial charge in [-0.2, -0.15) is 4.68 Å². The average molecular weight is 361 g/mol. The second-order valence-electron chi connectivity index (χ2n) is 5.31. The molecular formula is C17H17ClN4OS. The second kappa shape index (κ2) is 7.68. The summed E-state index contributed by atoms with van der Waals surface area (Å²) in [5.74, 6) is 1.62. The Morgan fingerprint density at radius 1 is 1.12 bits per heavy atom. The molecule has 0 aliphatic heterocycles. The van der Waals surface area contributed by atoms with Crippen molar-refractivity contribution in [1.82, 2.24) is 20.2 Å². The molecule has 2 aromatic carbocycles. The first-order valence-electron chi connectivity index (χ1n) is 7.50. The zero-order valence-electron chi connectivity index (χ0n) is 13.4. The molecule has 3 rings (SSSR count). The van der Waals surface area contributed by atoms with Crippen LogP contribution in [0.15, 0.2) is 47.6 Å². The fraction of sp³-hybridized carbons (Fsp3) is 0.235. The van der Waals surface area contributed by atoms with E-state index < -0.39 is 0 Å². The highest BCUT2D eigenvalue weighted by atomic mass is 35.5. The van der Waals surface area contributed by atoms with Crippen molar-refractivity contribution in [1.29, 1.82) is 0 Å². The van der Waals surface area contributed by atoms with Gasteiger partial charge in [-0.25, -0.2) is 0 Å². The maximum atomic E-state index is 6.01. The summed E-state index contributed by atoms with van der Waals surface area (Å²) in [5.41, 5.74) is 3.16. The fourth-order valence-electron chi connectivity index (χ4n) is 2.20. The first-order chi connectivity index (χ1) is 11.6. The van der Waals surface area contributed by atoms with Crippen molar-refractivity contribution in [3.8, 4) is 11.4 Å². The van der Waals surface area contributed by atoms with E-state index in [4.69, 9.17) is 16.3 Å². The maximum Gasteiger partial charge on any atom is 0.214 e. The van der Waals surface area contributed by atoms with E-state index in [1.54, 1.807) is 16.4 Å². The van der Waals surface area contributed by atoms with Gasteiger partial charge >= 0.3 is 0 Å². The third-order valence-electron chi connectivity index (χ3n) is 3.43. The molecule has 0 saturated carbocycles. The number of benzene rings is 2. The van der Waals surface area contributed by atoms with Crippen LogP contribution < -0.4 is 4.74 Å². The molecule has 1 aromatic heterocycles. The molecule has 0 spiro atoms. The number of nitrogens with zero attached hydrogens (tertiary/aromatic N) is 4. The Morgan fingerprint density at radius 3 is 2.67 bits per heavy atom. The average Bonchev–Trinajstić information content (AvgIpc) is 3.01. The lowest BCUT2D eigenvalue weighted by Gasteiger charge is -2.08. The Kier molecular flexibility index (Phi) is 5.37. The summed E-state index contributed by atoms with van der Waals surface area (Å²) in [6.45, 7) is 4.62. The number of aryl methyl sites for hydroxylation is 2. The van der Waals surface area contributed by atoms with Crippen LogP contribution in [0.3, 0.4) is 0 Å². The van der Waals surface area contributed by atoms with Crippen molar-refractivity contribution in [2.45, 2.75) is 19.0 Å². The minimum atomic E-state index is 0.584. The van der Waals surface area contributed by atoms with Crippen LogP contribution >= 0.6 is 23.4 Å². The second-order valence-corrected chi connectivity index (χ2v) is 6.81. The van der Waals surface area contributed by atoms with Crippen molar-refractivity contribution >= 4 is 23.4 Å². The first kappa shape index (κ1) is 16.8. The highest BCUT2D eigenvalue weighted by Crippen LogP contribution is 2.23. The zero-order chi connectivity index (χ0) is 16.9. The minimum Gasteiger partial charge on any atom is -0.493 e. The molecule has 24 heavy (non-hydrogen) atoms. The van der Waals surface area contributed by atoms with E-state index >= 15 is 0 Å². The van der Waals surface area contributed by atoms with Crippen LogP contribution in [0.1, 0.15) is 11.1 Å². The number of aromatic nitrogens is 4. The highest BCUT2D eigenvalue weighted by Gasteiger charge is 2.11. The molecule has 0 N–H and O–H groups in total. The Morgan fingerprint density at radius 2 is 1.92 bits per heavy atom. The highest BCUT2D eigenvalue weighted by molar-refractivity contribution is 7.99. The third kappa shape index (κ3) is 4.07. The monoisotopic (exact) mass is 360 g/mol. The molecule has 5 nitrogen and oxygen atoms in total. The SMILES string of the molecule is Cc1ccc(OCCSc2nnnn2-c2ccc(Cl)cc2C)cc1. The van der Waals surface area contributed by atoms with Crippen molar-refractivity contribution < 1.29 is 4.74 Å². The van der Waals surface area contributed by atoms with E-state index in [9.17, 15) is 0 Å². The molecule has 3 aromatic rings. The summed E-state index contributed by atoms with van der Waals surface area (Å²) in [4.78, 5) is 0. The van der Waals surface area contributed by atoms with E-state index in [0.717, 1.165) is 27.9 Å². The number of thioether (sulfide) groups is 1. The predicted molar refractivity (Wildman–Crippen MR) is 96.3 cm³/mol. The third-order valence-corrected chi connectivity index (χ3v) is 4.55. The zero-order valence-corrected chi connectivity index (χ0v) is 15.0. The summed E-state index contributed by atoms with van der Waals surface area (Å²) < 4.78 is 7.45. The lowest BCUT2D eigenvalue weighted by atomic mass is 10.2. The lowest BCUT2D eigenvalue weighted by molar-refractivity contribution is 0.344. The Bertz CT molecular complexity index is 820. The molecular weight excluding hydrogens is 344 g/mol. The van der Waals surface area contributed by atoms with E-state index in [0.29, 0.717) is 11.6 Å². The number of tetrazole rings is 1. The van der Waals surface area contributed by atoms with Crippen LogP contribution in [-0.4, -0.2) is 32.6 Å². The molecule has 0 saturated heterocycles. The van der Waals surface area contributed by atoms with Crippen LogP contribution in [-0.2, 0) is 0 Å². The van der Waals surface area contributed by atoms with Crippen molar-refractivity contribution in [3.63, 3.8) is 0 Å². The Balaban J connectivity index is 1.60. The summed E-state index contributed by atoms with van der Waals surface area (Å²) in [6, 6.07) is 13.7. The molecule has 0 atom stereocenters. The Hall–Kier alpha value is -2.05. The van der Waals surface area contributed by atoms with Gasteiger partial charge in [0.15, 0.2) is 0 Å². The van der Waals surface area contributed by atoms with Crippen LogP contribution in [0.25, 0.3) is 5.69 Å². The standard InChI is InChI=1S/C17H17ClN4OS/c1-12-3-6-15(7-4-12)23-9-10-24-17-19-20-21-22(17)16-8-5-14(18)11-13(16)2/h3-8,11H,9-10H2,1-2H3. The van der Waals surface area contributed by atoms with Gasteiger partial charge in [-0.15, -0.1) is 5.10 Å². The van der Waals surface area contributed by atoms with Crippen LogP contribution in [0.4, 0.5) is 0 Å². The molecule has 0 aliphatic carbocycles. The van der Waals surface area contributed by atoms with E-state index in [-0.39, 0.29) is 0 Å². The van der Waals surface area contributed by atoms with Crippen LogP contribution in [0.5, 0.6) is 5.75 Å². The van der Waals surface area contributed by atoms with Gasteiger partial charge in [0.05, 0.1) is 12.3 Å². The van der Waals surface area contributed by atoms with Crippen molar-refractivity contribution in [2.75, 3.05) is 12.4 Å². The quantitative estimate of drug-likeness (QED) is 0.489. The fourth-order valence-corrected chi connectivity index (χ4v) is 3.13. The van der Waals surface area contributed by atoms with Gasteiger partial charge < -0.3 is 4.74 Å². The van der Waals surface area contributed by atoms with Gasteiger partial charge in [-0.05, 0) is 60.2 Å². The largest absolute Gasteiger partial charge is 0.493 e. The molecule has 0 radical (unpaired) electrons. The molecule has 0 amide bonds. The molecule has 0 unspecified atom stereocenters. The van der Waals surface area contributed by atoms with Gasteiger partial charge in [0.2, 0.25) is 5.16 Å². The topological polar surface area (TPSA) is 52.8 Å². The van der Waals surface area contributed by atoms with Gasteiger partial charge in [0.25, 0.3) is 0 Å². The van der Waals surface area contributed by atoms with Gasteiger partial charge in [-0.1, -0.05) is 41.1 Å². The van der Waals surface area contributed by atoms with E-state index in [2.05, 4.69) is 22.4 Å². The van der Waals surface area contributed by atoms with Crippen molar-refractivity contribution in [2.24, 2.45) is 0 Å². The summed E-state index contributed by atoms with van der Waals surface area (Å²) in [5, 5.41) is 13.4. The van der Waals surface area contributed by atoms with Crippen LogP contribution in [0, 0.1) is 13.8 Å². The molecule has 0 bridgehead atoms. The van der Waals surface area contributed by atoms with E-state index in [1.807, 2.05) is 49.4 Å². The number of ether oxygens (including phenoxy) is 1. The van der Waals surface area contributed by atoms with Gasteiger partial charge in [0, 0.05) is 10.8 Å². The molecule has 1 heterocycles. The molecule has 7 heteroatoms. The van der Waals surface area contributed by atoms with E-state index in [1.165, 1.54) is 5.56 Å². The predicted octanol–water partition coefficient (Wildman–Crippen LogP) is 4.10. The number of hydrogen-bond donors (Lipinski definition) is 0. The summed E-state index contributed by atoms with van der Waals surface area (Å²) in [7, 11) is 0. The smallest absolute Gasteiger partial charge is 0.214 e. The normalized spacial score (nSPS) is 10.8. The Labute approximate surface area is 150 Å². The lowest BCUT2D eigenvalue weighted by Crippen LogP contribution is -2.04. The maximum absolute atomic E-state index is 6.01. The number of halogens is 1. The minimum absolute atomic E-state index is 0.584. The summed E-state index contributed by atoms with van der Waals surface area (Å²) >= 11 is 7.56. The van der Waals surface area contributed by atoms with Gasteiger partial charge in [-0.3, -0.25) is 0 Å². The van der Waals surface area contributed by atoms with Crippen molar-refractivity contribution in [3.05, 3.63) is 58.6 Å².